The highest BCUT2D eigenvalue weighted by atomic mass is 16.5. The van der Waals surface area contributed by atoms with Gasteiger partial charge in [-0.05, 0) is 37.0 Å². The van der Waals surface area contributed by atoms with Crippen molar-refractivity contribution in [1.82, 2.24) is 0 Å². The summed E-state index contributed by atoms with van der Waals surface area (Å²) in [6, 6.07) is 7.94. The molecule has 2 rings (SSSR count). The van der Waals surface area contributed by atoms with Crippen molar-refractivity contribution in [2.75, 3.05) is 6.61 Å². The second kappa shape index (κ2) is 4.47. The number of ether oxygens (including phenoxy) is 1. The summed E-state index contributed by atoms with van der Waals surface area (Å²) in [5.74, 6) is 1.33. The molecular formula is C13H16O2. The smallest absolute Gasteiger partial charge is 0.173 e. The molecule has 2 nitrogen and oxygen atoms in total. The molecule has 0 radical (unpaired) electrons. The van der Waals surface area contributed by atoms with Crippen LogP contribution < -0.4 is 4.74 Å². The minimum absolute atomic E-state index is 0.232. The molecule has 0 saturated heterocycles. The monoisotopic (exact) mass is 204 g/mol. The Morgan fingerprint density at radius 2 is 2.00 bits per heavy atom. The van der Waals surface area contributed by atoms with Gasteiger partial charge in [0, 0.05) is 5.92 Å². The third-order valence-electron chi connectivity index (χ3n) is 2.75. The number of carbonyl (C=O) groups excluding carboxylic acids is 1. The van der Waals surface area contributed by atoms with Gasteiger partial charge >= 0.3 is 0 Å². The van der Waals surface area contributed by atoms with Crippen molar-refractivity contribution < 1.29 is 9.53 Å². The Morgan fingerprint density at radius 3 is 2.53 bits per heavy atom. The van der Waals surface area contributed by atoms with Crippen molar-refractivity contribution in [3.8, 4) is 5.75 Å². The van der Waals surface area contributed by atoms with Gasteiger partial charge in [-0.25, -0.2) is 0 Å². The molecule has 0 N–H and O–H groups in total. The summed E-state index contributed by atoms with van der Waals surface area (Å²) in [5.41, 5.74) is 1.29. The Hall–Kier alpha value is -1.31. The van der Waals surface area contributed by atoms with E-state index >= 15 is 0 Å². The molecule has 0 spiro atoms. The molecule has 1 aliphatic carbocycles. The van der Waals surface area contributed by atoms with E-state index in [0.717, 1.165) is 25.0 Å². The fraction of sp³-hybridized carbons (Fsp3) is 0.462. The minimum atomic E-state index is 0.232. The van der Waals surface area contributed by atoms with E-state index in [1.54, 1.807) is 0 Å². The summed E-state index contributed by atoms with van der Waals surface area (Å²) in [6.45, 7) is 2.35. The zero-order valence-corrected chi connectivity index (χ0v) is 9.03. The number of Topliss-reactive ketones (excluding diaryl/α,β-unsaturated/α-hetero) is 1. The van der Waals surface area contributed by atoms with Crippen molar-refractivity contribution in [2.24, 2.45) is 5.92 Å². The predicted octanol–water partition coefficient (Wildman–Crippen LogP) is 2.61. The molecule has 0 amide bonds. The maximum Gasteiger partial charge on any atom is 0.173 e. The minimum Gasteiger partial charge on any atom is -0.486 e. The predicted molar refractivity (Wildman–Crippen MR) is 59.0 cm³/mol. The maximum atomic E-state index is 11.4. The number of benzene rings is 1. The highest BCUT2D eigenvalue weighted by Gasteiger charge is 2.29. The normalized spacial score (nSPS) is 15.0. The van der Waals surface area contributed by atoms with Crippen LogP contribution >= 0.6 is 0 Å². The molecule has 1 aliphatic rings. The maximum absolute atomic E-state index is 11.4. The lowest BCUT2D eigenvalue weighted by atomic mass is 10.2. The van der Waals surface area contributed by atoms with Gasteiger partial charge in [0.15, 0.2) is 5.78 Å². The zero-order chi connectivity index (χ0) is 10.7. The molecule has 0 heterocycles. The van der Waals surface area contributed by atoms with Crippen LogP contribution in [0.15, 0.2) is 24.3 Å². The average molecular weight is 204 g/mol. The molecule has 0 aliphatic heterocycles. The van der Waals surface area contributed by atoms with E-state index in [1.807, 2.05) is 24.3 Å². The molecule has 0 aromatic heterocycles. The first kappa shape index (κ1) is 10.2. The van der Waals surface area contributed by atoms with Crippen LogP contribution in [0.5, 0.6) is 5.75 Å². The Labute approximate surface area is 90.3 Å². The van der Waals surface area contributed by atoms with E-state index in [9.17, 15) is 4.79 Å². The Kier molecular flexibility index (Phi) is 3.05. The standard InChI is InChI=1S/C13H16O2/c1-2-10-3-7-12(8-4-10)15-9-13(14)11-5-6-11/h3-4,7-8,11H,2,5-6,9H2,1H3. The van der Waals surface area contributed by atoms with Crippen molar-refractivity contribution >= 4 is 5.78 Å². The summed E-state index contributed by atoms with van der Waals surface area (Å²) in [6.07, 6.45) is 3.13. The van der Waals surface area contributed by atoms with E-state index in [4.69, 9.17) is 4.74 Å². The molecule has 80 valence electrons. The SMILES string of the molecule is CCc1ccc(OCC(=O)C2CC2)cc1. The van der Waals surface area contributed by atoms with Gasteiger partial charge in [0.05, 0.1) is 0 Å². The zero-order valence-electron chi connectivity index (χ0n) is 9.03. The number of ketones is 1. The van der Waals surface area contributed by atoms with Gasteiger partial charge in [-0.2, -0.15) is 0 Å². The van der Waals surface area contributed by atoms with E-state index in [0.29, 0.717) is 5.92 Å². The quantitative estimate of drug-likeness (QED) is 0.737. The van der Waals surface area contributed by atoms with Crippen LogP contribution in [-0.4, -0.2) is 12.4 Å². The molecular weight excluding hydrogens is 188 g/mol. The van der Waals surface area contributed by atoms with Gasteiger partial charge in [0.2, 0.25) is 0 Å². The van der Waals surface area contributed by atoms with Gasteiger partial charge in [0.1, 0.15) is 12.4 Å². The molecule has 2 heteroatoms. The summed E-state index contributed by atoms with van der Waals surface area (Å²) >= 11 is 0. The number of rotatable bonds is 5. The third-order valence-corrected chi connectivity index (χ3v) is 2.75. The largest absolute Gasteiger partial charge is 0.486 e. The van der Waals surface area contributed by atoms with Crippen LogP contribution in [-0.2, 0) is 11.2 Å². The first-order valence-corrected chi connectivity index (χ1v) is 5.54. The van der Waals surface area contributed by atoms with Crippen molar-refractivity contribution in [3.05, 3.63) is 29.8 Å². The molecule has 1 aromatic rings. The van der Waals surface area contributed by atoms with Crippen molar-refractivity contribution in [3.63, 3.8) is 0 Å². The Morgan fingerprint density at radius 1 is 1.33 bits per heavy atom. The lowest BCUT2D eigenvalue weighted by molar-refractivity contribution is -0.122. The molecule has 0 unspecified atom stereocenters. The van der Waals surface area contributed by atoms with E-state index < -0.39 is 0 Å². The number of aryl methyl sites for hydroxylation is 1. The van der Waals surface area contributed by atoms with Gasteiger partial charge in [-0.3, -0.25) is 4.79 Å². The number of hydrogen-bond acceptors (Lipinski definition) is 2. The van der Waals surface area contributed by atoms with Crippen LogP contribution in [0.4, 0.5) is 0 Å². The summed E-state index contributed by atoms with van der Waals surface area (Å²) in [4.78, 5) is 11.4. The van der Waals surface area contributed by atoms with Crippen LogP contribution in [0.2, 0.25) is 0 Å². The van der Waals surface area contributed by atoms with Crippen LogP contribution in [0, 0.1) is 5.92 Å². The average Bonchev–Trinajstić information content (AvgIpc) is 3.10. The molecule has 0 bridgehead atoms. The van der Waals surface area contributed by atoms with Crippen LogP contribution in [0.1, 0.15) is 25.3 Å². The lowest BCUT2D eigenvalue weighted by Crippen LogP contribution is -2.12. The molecule has 1 aromatic carbocycles. The van der Waals surface area contributed by atoms with E-state index in [1.165, 1.54) is 5.56 Å². The van der Waals surface area contributed by atoms with E-state index in [2.05, 4.69) is 6.92 Å². The first-order valence-electron chi connectivity index (χ1n) is 5.54. The highest BCUT2D eigenvalue weighted by Crippen LogP contribution is 2.29. The fourth-order valence-electron chi connectivity index (χ4n) is 1.50. The molecule has 1 fully saturated rings. The van der Waals surface area contributed by atoms with Crippen molar-refractivity contribution in [1.29, 1.82) is 0 Å². The van der Waals surface area contributed by atoms with Gasteiger partial charge in [-0.1, -0.05) is 19.1 Å². The molecule has 0 atom stereocenters. The first-order chi connectivity index (χ1) is 7.29. The van der Waals surface area contributed by atoms with E-state index in [-0.39, 0.29) is 12.4 Å². The molecule has 1 saturated carbocycles. The number of carbonyl (C=O) groups is 1. The fourth-order valence-corrected chi connectivity index (χ4v) is 1.50. The summed E-state index contributed by atoms with van der Waals surface area (Å²) in [7, 11) is 0. The van der Waals surface area contributed by atoms with Crippen LogP contribution in [0.3, 0.4) is 0 Å². The summed E-state index contributed by atoms with van der Waals surface area (Å²) in [5, 5.41) is 0. The number of hydrogen-bond donors (Lipinski definition) is 0. The van der Waals surface area contributed by atoms with Crippen molar-refractivity contribution in [2.45, 2.75) is 26.2 Å². The second-order valence-corrected chi connectivity index (χ2v) is 4.03. The molecule has 15 heavy (non-hydrogen) atoms. The van der Waals surface area contributed by atoms with Gasteiger partial charge in [0.25, 0.3) is 0 Å². The second-order valence-electron chi connectivity index (χ2n) is 4.03. The Bertz CT molecular complexity index is 336. The lowest BCUT2D eigenvalue weighted by Gasteiger charge is -2.05. The summed E-state index contributed by atoms with van der Waals surface area (Å²) < 4.78 is 5.42. The third kappa shape index (κ3) is 2.82. The topological polar surface area (TPSA) is 26.3 Å². The Balaban J connectivity index is 1.84. The van der Waals surface area contributed by atoms with Crippen LogP contribution in [0.25, 0.3) is 0 Å². The van der Waals surface area contributed by atoms with Gasteiger partial charge in [-0.15, -0.1) is 0 Å². The van der Waals surface area contributed by atoms with Gasteiger partial charge < -0.3 is 4.74 Å². The highest BCUT2D eigenvalue weighted by molar-refractivity contribution is 5.84.